The van der Waals surface area contributed by atoms with Crippen molar-refractivity contribution in [2.75, 3.05) is 4.90 Å². The van der Waals surface area contributed by atoms with Crippen LogP contribution in [0.3, 0.4) is 0 Å². The molecule has 2 atom stereocenters. The van der Waals surface area contributed by atoms with Gasteiger partial charge in [0.2, 0.25) is 0 Å². The molecule has 1 saturated heterocycles. The summed E-state index contributed by atoms with van der Waals surface area (Å²) in [6.45, 7) is 5.87. The van der Waals surface area contributed by atoms with Crippen molar-refractivity contribution >= 4 is 23.0 Å². The molecule has 0 spiro atoms. The number of hydrogen-bond acceptors (Lipinski definition) is 2. The van der Waals surface area contributed by atoms with E-state index in [0.29, 0.717) is 10.7 Å². The first-order chi connectivity index (χ1) is 13.0. The molecule has 1 aliphatic rings. The van der Waals surface area contributed by atoms with E-state index in [2.05, 4.69) is 33.2 Å². The van der Waals surface area contributed by atoms with Gasteiger partial charge in [-0.1, -0.05) is 6.07 Å². The molecule has 0 bridgehead atoms. The summed E-state index contributed by atoms with van der Waals surface area (Å²) in [5.74, 6) is -0.219. The van der Waals surface area contributed by atoms with E-state index in [4.69, 9.17) is 12.2 Å². The minimum Gasteiger partial charge on any atom is -0.362 e. The molecule has 0 aliphatic carbocycles. The van der Waals surface area contributed by atoms with Gasteiger partial charge in [0.25, 0.3) is 0 Å². The van der Waals surface area contributed by atoms with Gasteiger partial charge in [-0.05, 0) is 80.5 Å². The lowest BCUT2D eigenvalue weighted by molar-refractivity contribution is 0.565. The highest BCUT2D eigenvalue weighted by atomic mass is 32.1. The Balaban J connectivity index is 1.87. The molecule has 0 radical (unpaired) electrons. The van der Waals surface area contributed by atoms with Gasteiger partial charge in [0.1, 0.15) is 5.82 Å². The predicted molar refractivity (Wildman–Crippen MR) is 109 cm³/mol. The summed E-state index contributed by atoms with van der Waals surface area (Å²) in [4.78, 5) is 10.0. The van der Waals surface area contributed by atoms with E-state index in [0.717, 1.165) is 28.3 Å². The molecule has 4 rings (SSSR count). The van der Waals surface area contributed by atoms with Gasteiger partial charge in [-0.25, -0.2) is 4.39 Å². The molecular formula is C21H21FN4S. The van der Waals surface area contributed by atoms with Gasteiger partial charge >= 0.3 is 0 Å². The summed E-state index contributed by atoms with van der Waals surface area (Å²) in [5.41, 5.74) is 5.72. The van der Waals surface area contributed by atoms with Gasteiger partial charge in [-0.15, -0.1) is 0 Å². The highest BCUT2D eigenvalue weighted by Gasteiger charge is 2.41. The molecule has 1 fully saturated rings. The number of pyridine rings is 1. The van der Waals surface area contributed by atoms with Gasteiger partial charge in [0, 0.05) is 23.3 Å². The van der Waals surface area contributed by atoms with Crippen molar-refractivity contribution in [2.24, 2.45) is 0 Å². The van der Waals surface area contributed by atoms with E-state index >= 15 is 0 Å². The molecule has 4 nitrogen and oxygen atoms in total. The van der Waals surface area contributed by atoms with Crippen LogP contribution in [0.4, 0.5) is 10.1 Å². The first-order valence-corrected chi connectivity index (χ1v) is 9.29. The zero-order valence-electron chi connectivity index (χ0n) is 15.5. The lowest BCUT2D eigenvalue weighted by Crippen LogP contribution is -2.29. The maximum Gasteiger partial charge on any atom is 0.174 e. The fourth-order valence-corrected chi connectivity index (χ4v) is 4.13. The quantitative estimate of drug-likeness (QED) is 0.649. The van der Waals surface area contributed by atoms with Crippen LogP contribution in [0.5, 0.6) is 0 Å². The van der Waals surface area contributed by atoms with Crippen LogP contribution in [-0.2, 0) is 0 Å². The normalized spacial score (nSPS) is 19.4. The minimum atomic E-state index is -0.219. The summed E-state index contributed by atoms with van der Waals surface area (Å²) in [6, 6.07) is 13.0. The van der Waals surface area contributed by atoms with E-state index in [-0.39, 0.29) is 17.9 Å². The number of anilines is 1. The maximum atomic E-state index is 13.8. The van der Waals surface area contributed by atoms with Crippen molar-refractivity contribution in [1.29, 1.82) is 0 Å². The van der Waals surface area contributed by atoms with Crippen molar-refractivity contribution in [3.05, 3.63) is 82.7 Å². The molecule has 3 aromatic rings. The molecule has 0 amide bonds. The van der Waals surface area contributed by atoms with Crippen LogP contribution in [0, 0.1) is 26.6 Å². The number of nitrogens with one attached hydrogen (secondary N) is 2. The Morgan fingerprint density at radius 2 is 1.93 bits per heavy atom. The SMILES string of the molecule is Cc1cc([C@H]2[C@H](c3ccccn3)NC(=S)N2c2ccc(F)c(C)c2)c(C)[nH]1. The molecular weight excluding hydrogens is 359 g/mol. The average Bonchev–Trinajstić information content (AvgIpc) is 3.16. The summed E-state index contributed by atoms with van der Waals surface area (Å²) in [5, 5.41) is 4.04. The molecule has 2 aromatic heterocycles. The Bertz CT molecular complexity index is 999. The number of hydrogen-bond donors (Lipinski definition) is 2. The lowest BCUT2D eigenvalue weighted by atomic mass is 9.96. The number of H-pyrrole nitrogens is 1. The van der Waals surface area contributed by atoms with Crippen LogP contribution >= 0.6 is 12.2 Å². The van der Waals surface area contributed by atoms with Crippen molar-refractivity contribution in [1.82, 2.24) is 15.3 Å². The van der Waals surface area contributed by atoms with E-state index in [1.165, 1.54) is 6.07 Å². The molecule has 1 aromatic carbocycles. The Hall–Kier alpha value is -2.73. The van der Waals surface area contributed by atoms with Gasteiger partial charge in [-0.3, -0.25) is 4.98 Å². The van der Waals surface area contributed by atoms with Crippen LogP contribution in [0.15, 0.2) is 48.7 Å². The topological polar surface area (TPSA) is 44.0 Å². The molecule has 27 heavy (non-hydrogen) atoms. The molecule has 6 heteroatoms. The van der Waals surface area contributed by atoms with Crippen LogP contribution in [-0.4, -0.2) is 15.1 Å². The maximum absolute atomic E-state index is 13.8. The number of rotatable bonds is 3. The highest BCUT2D eigenvalue weighted by Crippen LogP contribution is 2.42. The Labute approximate surface area is 163 Å². The van der Waals surface area contributed by atoms with E-state index in [1.54, 1.807) is 19.2 Å². The molecule has 138 valence electrons. The summed E-state index contributed by atoms with van der Waals surface area (Å²) < 4.78 is 13.8. The second-order valence-electron chi connectivity index (χ2n) is 6.96. The number of aromatic amines is 1. The van der Waals surface area contributed by atoms with Crippen molar-refractivity contribution in [3.8, 4) is 0 Å². The Morgan fingerprint density at radius 1 is 1.11 bits per heavy atom. The van der Waals surface area contributed by atoms with Crippen LogP contribution in [0.2, 0.25) is 0 Å². The number of halogens is 1. The molecule has 0 unspecified atom stereocenters. The predicted octanol–water partition coefficient (Wildman–Crippen LogP) is 4.65. The van der Waals surface area contributed by atoms with Gasteiger partial charge < -0.3 is 15.2 Å². The Kier molecular flexibility index (Phi) is 4.44. The lowest BCUT2D eigenvalue weighted by Gasteiger charge is -2.28. The number of thiocarbonyl (C=S) groups is 1. The number of aryl methyl sites for hydroxylation is 3. The number of benzene rings is 1. The third-order valence-corrected chi connectivity index (χ3v) is 5.34. The fourth-order valence-electron chi connectivity index (χ4n) is 3.78. The van der Waals surface area contributed by atoms with Crippen LogP contribution in [0.25, 0.3) is 0 Å². The molecule has 3 heterocycles. The number of nitrogens with zero attached hydrogens (tertiary/aromatic N) is 2. The molecule has 2 N–H and O–H groups in total. The minimum absolute atomic E-state index is 0.0813. The molecule has 0 saturated carbocycles. The van der Waals surface area contributed by atoms with Crippen LogP contribution in [0.1, 0.15) is 40.3 Å². The highest BCUT2D eigenvalue weighted by molar-refractivity contribution is 7.80. The second kappa shape index (κ2) is 6.78. The third-order valence-electron chi connectivity index (χ3n) is 5.03. The summed E-state index contributed by atoms with van der Waals surface area (Å²) >= 11 is 5.69. The standard InChI is InChI=1S/C21H21FN4S/c1-12-10-15(7-8-17(12)22)26-20(16-11-13(2)24-14(16)3)19(25-21(26)27)18-6-4-5-9-23-18/h4-11,19-20,24H,1-3H3,(H,25,27)/t19-,20-/m0/s1. The zero-order chi connectivity index (χ0) is 19.1. The Morgan fingerprint density at radius 3 is 2.56 bits per heavy atom. The monoisotopic (exact) mass is 380 g/mol. The largest absolute Gasteiger partial charge is 0.362 e. The average molecular weight is 380 g/mol. The van der Waals surface area contributed by atoms with E-state index in [9.17, 15) is 4.39 Å². The van der Waals surface area contributed by atoms with Gasteiger partial charge in [-0.2, -0.15) is 0 Å². The van der Waals surface area contributed by atoms with E-state index < -0.39 is 0 Å². The second-order valence-corrected chi connectivity index (χ2v) is 7.35. The number of aromatic nitrogens is 2. The third kappa shape index (κ3) is 3.10. The van der Waals surface area contributed by atoms with Gasteiger partial charge in [0.15, 0.2) is 5.11 Å². The first kappa shape index (κ1) is 17.7. The zero-order valence-corrected chi connectivity index (χ0v) is 16.3. The summed E-state index contributed by atoms with van der Waals surface area (Å²) in [7, 11) is 0. The van der Waals surface area contributed by atoms with Gasteiger partial charge in [0.05, 0.1) is 17.8 Å². The van der Waals surface area contributed by atoms with Crippen LogP contribution < -0.4 is 10.2 Å². The van der Waals surface area contributed by atoms with Crippen molar-refractivity contribution in [2.45, 2.75) is 32.9 Å². The first-order valence-electron chi connectivity index (χ1n) is 8.88. The molecule has 1 aliphatic heterocycles. The summed E-state index contributed by atoms with van der Waals surface area (Å²) in [6.07, 6.45) is 1.79. The van der Waals surface area contributed by atoms with E-state index in [1.807, 2.05) is 31.2 Å². The fraction of sp³-hybridized carbons (Fsp3) is 0.238. The van der Waals surface area contributed by atoms with Crippen molar-refractivity contribution in [3.63, 3.8) is 0 Å². The van der Waals surface area contributed by atoms with Crippen molar-refractivity contribution < 1.29 is 4.39 Å². The smallest absolute Gasteiger partial charge is 0.174 e.